The van der Waals surface area contributed by atoms with Gasteiger partial charge in [0.15, 0.2) is 9.84 Å². The van der Waals surface area contributed by atoms with E-state index in [-0.39, 0.29) is 11.3 Å². The van der Waals surface area contributed by atoms with Crippen molar-refractivity contribution < 1.29 is 13.5 Å². The van der Waals surface area contributed by atoms with Crippen molar-refractivity contribution in [2.75, 3.05) is 6.61 Å². The highest BCUT2D eigenvalue weighted by Gasteiger charge is 2.62. The lowest BCUT2D eigenvalue weighted by Crippen LogP contribution is -2.18. The highest BCUT2D eigenvalue weighted by Crippen LogP contribution is 2.51. The molecule has 1 aromatic carbocycles. The Kier molecular flexibility index (Phi) is 2.49. The third kappa shape index (κ3) is 1.51. The number of nitrogens with zero attached hydrogens (tertiary/aromatic N) is 1. The smallest absolute Gasteiger partial charge is 0.182 e. The molecule has 1 aliphatic rings. The topological polar surface area (TPSA) is 78.2 Å². The fourth-order valence-corrected chi connectivity index (χ4v) is 3.88. The van der Waals surface area contributed by atoms with E-state index in [9.17, 15) is 8.42 Å². The lowest BCUT2D eigenvalue weighted by Gasteiger charge is -2.05. The maximum Gasteiger partial charge on any atom is 0.182 e. The van der Waals surface area contributed by atoms with Crippen LogP contribution >= 0.6 is 0 Å². The summed E-state index contributed by atoms with van der Waals surface area (Å²) in [5, 5.41) is 17.1. The van der Waals surface area contributed by atoms with Gasteiger partial charge in [-0.1, -0.05) is 18.2 Å². The molecule has 1 N–H and O–H groups in total. The van der Waals surface area contributed by atoms with Crippen molar-refractivity contribution in [3.05, 3.63) is 30.3 Å². The van der Waals surface area contributed by atoms with E-state index >= 15 is 0 Å². The molecule has 1 fully saturated rings. The van der Waals surface area contributed by atoms with Gasteiger partial charge >= 0.3 is 0 Å². The third-order valence-corrected chi connectivity index (χ3v) is 5.25. The maximum atomic E-state index is 12.1. The lowest BCUT2D eigenvalue weighted by atomic mass is 10.2. The van der Waals surface area contributed by atoms with E-state index in [4.69, 9.17) is 10.4 Å². The van der Waals surface area contributed by atoms with Crippen LogP contribution < -0.4 is 0 Å². The molecule has 1 aliphatic carbocycles. The van der Waals surface area contributed by atoms with E-state index in [1.807, 2.05) is 6.07 Å². The molecule has 0 spiro atoms. The minimum absolute atomic E-state index is 0.213. The van der Waals surface area contributed by atoms with Gasteiger partial charge in [-0.3, -0.25) is 0 Å². The van der Waals surface area contributed by atoms with Gasteiger partial charge in [0.2, 0.25) is 0 Å². The highest BCUT2D eigenvalue weighted by molar-refractivity contribution is 7.92. The summed E-state index contributed by atoms with van der Waals surface area (Å²) in [6.45, 7) is -0.403. The number of hydrogen-bond acceptors (Lipinski definition) is 4. The highest BCUT2D eigenvalue weighted by atomic mass is 32.2. The molecular formula is C11H11NO3S. The fourth-order valence-electron chi connectivity index (χ4n) is 1.77. The van der Waals surface area contributed by atoms with E-state index in [2.05, 4.69) is 0 Å². The van der Waals surface area contributed by atoms with Crippen LogP contribution in [0.1, 0.15) is 6.42 Å². The molecule has 2 rings (SSSR count). The summed E-state index contributed by atoms with van der Waals surface area (Å²) in [6, 6.07) is 9.93. The molecule has 4 nitrogen and oxygen atoms in total. The molecule has 0 heterocycles. The van der Waals surface area contributed by atoms with Crippen LogP contribution in [0, 0.1) is 16.7 Å². The van der Waals surface area contributed by atoms with Gasteiger partial charge in [-0.05, 0) is 18.6 Å². The minimum Gasteiger partial charge on any atom is -0.395 e. The first-order valence-electron chi connectivity index (χ1n) is 4.88. The fraction of sp³-hybridized carbons (Fsp3) is 0.364. The number of hydrogen-bond donors (Lipinski definition) is 1. The molecule has 1 aromatic rings. The second-order valence-electron chi connectivity index (χ2n) is 3.98. The Labute approximate surface area is 94.1 Å². The van der Waals surface area contributed by atoms with Crippen molar-refractivity contribution >= 4 is 9.84 Å². The van der Waals surface area contributed by atoms with Crippen LogP contribution in [0.25, 0.3) is 0 Å². The zero-order valence-corrected chi connectivity index (χ0v) is 9.31. The molecule has 0 bridgehead atoms. The predicted molar refractivity (Wildman–Crippen MR) is 57.2 cm³/mol. The molecule has 0 radical (unpaired) electrons. The molecule has 0 aliphatic heterocycles. The van der Waals surface area contributed by atoms with Crippen molar-refractivity contribution in [3.8, 4) is 6.07 Å². The van der Waals surface area contributed by atoms with Gasteiger partial charge < -0.3 is 5.11 Å². The summed E-state index contributed by atoms with van der Waals surface area (Å²) in [7, 11) is -3.48. The number of sulfone groups is 1. The molecule has 0 amide bonds. The average molecular weight is 237 g/mol. The molecular weight excluding hydrogens is 226 g/mol. The zero-order chi connectivity index (χ0) is 11.8. The quantitative estimate of drug-likeness (QED) is 0.840. The number of nitriles is 1. The number of aliphatic hydroxyl groups excluding tert-OH is 1. The number of benzene rings is 1. The van der Waals surface area contributed by atoms with Crippen molar-refractivity contribution in [2.45, 2.75) is 16.6 Å². The van der Waals surface area contributed by atoms with Gasteiger partial charge in [0.05, 0.1) is 28.2 Å². The summed E-state index contributed by atoms with van der Waals surface area (Å²) in [5.41, 5.74) is -1.09. The van der Waals surface area contributed by atoms with E-state index in [1.54, 1.807) is 18.2 Å². The zero-order valence-electron chi connectivity index (χ0n) is 8.50. The van der Waals surface area contributed by atoms with Gasteiger partial charge in [-0.15, -0.1) is 0 Å². The summed E-state index contributed by atoms with van der Waals surface area (Å²) < 4.78 is 24.1. The molecule has 1 saturated carbocycles. The molecule has 16 heavy (non-hydrogen) atoms. The van der Waals surface area contributed by atoms with Crippen LogP contribution in [0.3, 0.4) is 0 Å². The van der Waals surface area contributed by atoms with Crippen LogP contribution in [0.5, 0.6) is 0 Å². The van der Waals surface area contributed by atoms with Crippen molar-refractivity contribution in [1.82, 2.24) is 0 Å². The average Bonchev–Trinajstić information content (AvgIpc) is 3.06. The maximum absolute atomic E-state index is 12.1. The molecule has 0 aromatic heterocycles. The lowest BCUT2D eigenvalue weighted by molar-refractivity contribution is 0.246. The summed E-state index contributed by atoms with van der Waals surface area (Å²) in [4.78, 5) is 0.213. The molecule has 2 atom stereocenters. The van der Waals surface area contributed by atoms with E-state index in [1.165, 1.54) is 12.1 Å². The standard InChI is InChI=1S/C11H11NO3S/c12-7-11(8-13)6-10(11)16(14,15)9-4-2-1-3-5-9/h1-5,10,13H,6,8H2/t10-,11+/m0/s1. The molecule has 0 saturated heterocycles. The Morgan fingerprint density at radius 1 is 1.44 bits per heavy atom. The first-order chi connectivity index (χ1) is 7.57. The Morgan fingerprint density at radius 2 is 2.06 bits per heavy atom. The first-order valence-corrected chi connectivity index (χ1v) is 6.42. The second-order valence-corrected chi connectivity index (χ2v) is 6.11. The molecule has 5 heteroatoms. The summed E-state index contributed by atoms with van der Waals surface area (Å²) in [6.07, 6.45) is 0.219. The van der Waals surface area contributed by atoms with Gasteiger partial charge in [0, 0.05) is 0 Å². The number of rotatable bonds is 3. The molecule has 0 unspecified atom stereocenters. The molecule has 84 valence electrons. The van der Waals surface area contributed by atoms with Crippen LogP contribution in [0.2, 0.25) is 0 Å². The second kappa shape index (κ2) is 3.58. The van der Waals surface area contributed by atoms with Crippen LogP contribution in [-0.4, -0.2) is 25.4 Å². The third-order valence-electron chi connectivity index (χ3n) is 2.96. The first kappa shape index (κ1) is 11.1. The van der Waals surface area contributed by atoms with Gasteiger partial charge in [0.1, 0.15) is 0 Å². The Balaban J connectivity index is 2.35. The van der Waals surface area contributed by atoms with Crippen LogP contribution in [-0.2, 0) is 9.84 Å². The summed E-state index contributed by atoms with van der Waals surface area (Å²) in [5.74, 6) is 0. The van der Waals surface area contributed by atoms with E-state index in [0.29, 0.717) is 0 Å². The monoisotopic (exact) mass is 237 g/mol. The van der Waals surface area contributed by atoms with E-state index < -0.39 is 27.1 Å². The van der Waals surface area contributed by atoms with Crippen LogP contribution in [0.4, 0.5) is 0 Å². The van der Waals surface area contributed by atoms with Gasteiger partial charge in [-0.2, -0.15) is 5.26 Å². The minimum atomic E-state index is -3.48. The summed E-state index contributed by atoms with van der Waals surface area (Å²) >= 11 is 0. The Hall–Kier alpha value is -1.38. The largest absolute Gasteiger partial charge is 0.395 e. The Morgan fingerprint density at radius 3 is 2.50 bits per heavy atom. The Bertz CT molecular complexity index is 532. The van der Waals surface area contributed by atoms with Gasteiger partial charge in [-0.25, -0.2) is 8.42 Å². The normalized spacial score (nSPS) is 28.4. The van der Waals surface area contributed by atoms with Crippen molar-refractivity contribution in [2.24, 2.45) is 5.41 Å². The van der Waals surface area contributed by atoms with Crippen molar-refractivity contribution in [3.63, 3.8) is 0 Å². The van der Waals surface area contributed by atoms with Gasteiger partial charge in [0.25, 0.3) is 0 Å². The van der Waals surface area contributed by atoms with E-state index in [0.717, 1.165) is 0 Å². The number of aliphatic hydroxyl groups is 1. The van der Waals surface area contributed by atoms with Crippen LogP contribution in [0.15, 0.2) is 35.2 Å². The SMILES string of the molecule is N#C[C@@]1(CO)C[C@@H]1S(=O)(=O)c1ccccc1. The predicted octanol–water partition coefficient (Wildman–Crippen LogP) is 0.735. The van der Waals surface area contributed by atoms with Crippen molar-refractivity contribution in [1.29, 1.82) is 5.26 Å².